The fraction of sp³-hybridized carbons (Fsp3) is 0.545. The number of aryl methyl sites for hydroxylation is 1. The van der Waals surface area contributed by atoms with Crippen LogP contribution in [-0.2, 0) is 11.3 Å². The lowest BCUT2D eigenvalue weighted by atomic mass is 10.1. The van der Waals surface area contributed by atoms with Crippen LogP contribution >= 0.6 is 12.2 Å². The fourth-order valence-corrected chi connectivity index (χ4v) is 5.07. The van der Waals surface area contributed by atoms with Gasteiger partial charge < -0.3 is 15.0 Å². The number of benzene rings is 1. The van der Waals surface area contributed by atoms with E-state index in [2.05, 4.69) is 56.9 Å². The number of nitrogens with zero attached hydrogens (tertiary/aromatic N) is 5. The van der Waals surface area contributed by atoms with Gasteiger partial charge in [0.05, 0.1) is 11.6 Å². The van der Waals surface area contributed by atoms with E-state index in [4.69, 9.17) is 17.0 Å². The molecule has 2 fully saturated rings. The maximum atomic E-state index is 5.87. The monoisotopic (exact) mass is 424 g/mol. The first-order valence-corrected chi connectivity index (χ1v) is 11.4. The Morgan fingerprint density at radius 3 is 2.90 bits per heavy atom. The quantitative estimate of drug-likeness (QED) is 0.630. The minimum atomic E-state index is 0.268. The molecule has 2 aliphatic rings. The Kier molecular flexibility index (Phi) is 5.52. The number of ether oxygens (including phenoxy) is 1. The molecule has 0 radical (unpaired) electrons. The molecule has 3 heterocycles. The first kappa shape index (κ1) is 19.6. The molecule has 1 atom stereocenters. The van der Waals surface area contributed by atoms with Crippen molar-refractivity contribution in [2.75, 3.05) is 13.2 Å². The lowest BCUT2D eigenvalue weighted by molar-refractivity contribution is 0.113. The van der Waals surface area contributed by atoms with Crippen molar-refractivity contribution >= 4 is 33.9 Å². The van der Waals surface area contributed by atoms with Crippen molar-refractivity contribution in [2.24, 2.45) is 0 Å². The van der Waals surface area contributed by atoms with Crippen LogP contribution in [0, 0.1) is 6.92 Å². The van der Waals surface area contributed by atoms with Crippen molar-refractivity contribution in [3.63, 3.8) is 0 Å². The van der Waals surface area contributed by atoms with Gasteiger partial charge in [-0.2, -0.15) is 4.52 Å². The average Bonchev–Trinajstić information content (AvgIpc) is 3.52. The summed E-state index contributed by atoms with van der Waals surface area (Å²) in [5.74, 6) is 0. The lowest BCUT2D eigenvalue weighted by Gasteiger charge is -2.32. The molecule has 3 aromatic rings. The van der Waals surface area contributed by atoms with Crippen molar-refractivity contribution in [1.29, 1.82) is 0 Å². The standard InChI is InChI=1S/C22H28N6OS/c1-15-8-9-20-16(11-15)12-17(21-24-25-26-28(20)21)14-27(18-5-2-3-6-18)22(30)23-13-19-7-4-10-29-19/h8-9,11-12,18-19H,2-7,10,13-14H2,1H3,(H,23,30)/t19-/m1/s1. The first-order valence-electron chi connectivity index (χ1n) is 11.0. The maximum Gasteiger partial charge on any atom is 0.184 e. The number of rotatable bonds is 5. The van der Waals surface area contributed by atoms with E-state index in [-0.39, 0.29) is 6.10 Å². The van der Waals surface area contributed by atoms with Crippen LogP contribution in [0.4, 0.5) is 0 Å². The summed E-state index contributed by atoms with van der Waals surface area (Å²) >= 11 is 5.87. The van der Waals surface area contributed by atoms with Crippen LogP contribution in [-0.4, -0.2) is 55.4 Å². The number of hydrogen-bond acceptors (Lipinski definition) is 5. The van der Waals surface area contributed by atoms with Gasteiger partial charge in [0.2, 0.25) is 0 Å². The summed E-state index contributed by atoms with van der Waals surface area (Å²) in [6.45, 7) is 4.45. The van der Waals surface area contributed by atoms with E-state index in [0.717, 1.165) is 53.2 Å². The molecule has 0 bridgehead atoms. The van der Waals surface area contributed by atoms with Crippen molar-refractivity contribution in [3.05, 3.63) is 35.4 Å². The molecule has 1 N–H and O–H groups in total. The molecular formula is C22H28N6OS. The third-order valence-electron chi connectivity index (χ3n) is 6.37. The highest BCUT2D eigenvalue weighted by Crippen LogP contribution is 2.27. The number of pyridine rings is 1. The Hall–Kier alpha value is -2.32. The highest BCUT2D eigenvalue weighted by atomic mass is 32.1. The van der Waals surface area contributed by atoms with Gasteiger partial charge in [-0.05, 0) is 73.5 Å². The number of aromatic nitrogens is 4. The molecule has 5 rings (SSSR count). The predicted octanol–water partition coefficient (Wildman–Crippen LogP) is 3.38. The van der Waals surface area contributed by atoms with Crippen molar-refractivity contribution in [1.82, 2.24) is 30.3 Å². The molecule has 2 aromatic heterocycles. The van der Waals surface area contributed by atoms with Gasteiger partial charge in [0, 0.05) is 36.7 Å². The number of thiocarbonyl (C=S) groups is 1. The molecule has 8 heteroatoms. The highest BCUT2D eigenvalue weighted by molar-refractivity contribution is 7.80. The summed E-state index contributed by atoms with van der Waals surface area (Å²) in [5, 5.41) is 18.0. The van der Waals surface area contributed by atoms with Crippen LogP contribution in [0.5, 0.6) is 0 Å². The topological polar surface area (TPSA) is 67.6 Å². The molecule has 1 aliphatic heterocycles. The number of fused-ring (bicyclic) bond motifs is 3. The van der Waals surface area contributed by atoms with Crippen molar-refractivity contribution in [2.45, 2.75) is 64.1 Å². The predicted molar refractivity (Wildman–Crippen MR) is 120 cm³/mol. The van der Waals surface area contributed by atoms with Crippen molar-refractivity contribution < 1.29 is 4.74 Å². The van der Waals surface area contributed by atoms with Gasteiger partial charge in [-0.25, -0.2) is 0 Å². The Morgan fingerprint density at radius 2 is 2.10 bits per heavy atom. The normalized spacial score (nSPS) is 19.7. The lowest BCUT2D eigenvalue weighted by Crippen LogP contribution is -2.46. The van der Waals surface area contributed by atoms with E-state index in [1.54, 1.807) is 0 Å². The second-order valence-electron chi connectivity index (χ2n) is 8.53. The number of nitrogens with one attached hydrogen (secondary N) is 1. The molecular weight excluding hydrogens is 396 g/mol. The molecule has 0 unspecified atom stereocenters. The third kappa shape index (κ3) is 3.86. The summed E-state index contributed by atoms with van der Waals surface area (Å²) in [6, 6.07) is 9.05. The van der Waals surface area contributed by atoms with Crippen LogP contribution in [0.3, 0.4) is 0 Å². The molecule has 0 spiro atoms. The highest BCUT2D eigenvalue weighted by Gasteiger charge is 2.27. The minimum absolute atomic E-state index is 0.268. The fourth-order valence-electron chi connectivity index (χ4n) is 4.77. The van der Waals surface area contributed by atoms with Crippen LogP contribution in [0.1, 0.15) is 49.7 Å². The Bertz CT molecular complexity index is 1050. The summed E-state index contributed by atoms with van der Waals surface area (Å²) < 4.78 is 7.61. The molecule has 7 nitrogen and oxygen atoms in total. The molecule has 30 heavy (non-hydrogen) atoms. The van der Waals surface area contributed by atoms with Crippen LogP contribution in [0.2, 0.25) is 0 Å². The van der Waals surface area contributed by atoms with Gasteiger partial charge in [0.25, 0.3) is 0 Å². The van der Waals surface area contributed by atoms with E-state index in [1.165, 1.54) is 31.2 Å². The van der Waals surface area contributed by atoms with Crippen molar-refractivity contribution in [3.8, 4) is 0 Å². The second kappa shape index (κ2) is 8.43. The first-order chi connectivity index (χ1) is 14.7. The van der Waals surface area contributed by atoms with Gasteiger partial charge in [-0.3, -0.25) is 0 Å². The van der Waals surface area contributed by atoms with E-state index in [0.29, 0.717) is 12.6 Å². The van der Waals surface area contributed by atoms with Gasteiger partial charge >= 0.3 is 0 Å². The maximum absolute atomic E-state index is 5.87. The molecule has 158 valence electrons. The molecule has 1 aliphatic carbocycles. The van der Waals surface area contributed by atoms with E-state index in [9.17, 15) is 0 Å². The zero-order chi connectivity index (χ0) is 20.5. The zero-order valence-corrected chi connectivity index (χ0v) is 18.2. The summed E-state index contributed by atoms with van der Waals surface area (Å²) in [5.41, 5.74) is 4.15. The Balaban J connectivity index is 1.45. The van der Waals surface area contributed by atoms with Gasteiger partial charge in [0.15, 0.2) is 10.8 Å². The van der Waals surface area contributed by atoms with E-state index in [1.807, 2.05) is 4.52 Å². The van der Waals surface area contributed by atoms with E-state index < -0.39 is 0 Å². The number of tetrazole rings is 1. The van der Waals surface area contributed by atoms with Gasteiger partial charge in [0.1, 0.15) is 0 Å². The van der Waals surface area contributed by atoms with E-state index >= 15 is 0 Å². The van der Waals surface area contributed by atoms with Crippen LogP contribution in [0.15, 0.2) is 24.3 Å². The SMILES string of the molecule is Cc1ccc2c(c1)cc(CN(C(=S)NC[C@H]1CCCO1)C1CCCC1)c1nnnn12. The average molecular weight is 425 g/mol. The Labute approximate surface area is 181 Å². The van der Waals surface area contributed by atoms with Crippen LogP contribution < -0.4 is 5.32 Å². The van der Waals surface area contributed by atoms with Gasteiger partial charge in [-0.15, -0.1) is 5.10 Å². The Morgan fingerprint density at radius 1 is 1.23 bits per heavy atom. The summed E-state index contributed by atoms with van der Waals surface area (Å²) in [7, 11) is 0. The molecule has 1 saturated heterocycles. The number of hydrogen-bond donors (Lipinski definition) is 1. The summed E-state index contributed by atoms with van der Waals surface area (Å²) in [6.07, 6.45) is 7.38. The molecule has 0 amide bonds. The third-order valence-corrected chi connectivity index (χ3v) is 6.75. The smallest absolute Gasteiger partial charge is 0.184 e. The molecule has 1 aromatic carbocycles. The zero-order valence-electron chi connectivity index (χ0n) is 17.4. The second-order valence-corrected chi connectivity index (χ2v) is 8.92. The largest absolute Gasteiger partial charge is 0.376 e. The molecule has 1 saturated carbocycles. The van der Waals surface area contributed by atoms with Gasteiger partial charge in [-0.1, -0.05) is 24.5 Å². The van der Waals surface area contributed by atoms with Crippen LogP contribution in [0.25, 0.3) is 16.6 Å². The minimum Gasteiger partial charge on any atom is -0.376 e. The summed E-state index contributed by atoms with van der Waals surface area (Å²) in [4.78, 5) is 2.35.